The van der Waals surface area contributed by atoms with Crippen LogP contribution in [0.3, 0.4) is 0 Å². The summed E-state index contributed by atoms with van der Waals surface area (Å²) in [5.41, 5.74) is 0.654. The Labute approximate surface area is 115 Å². The van der Waals surface area contributed by atoms with Gasteiger partial charge in [-0.25, -0.2) is 0 Å². The molecule has 1 aromatic carbocycles. The molecule has 0 aliphatic rings. The second-order valence-corrected chi connectivity index (χ2v) is 4.30. The summed E-state index contributed by atoms with van der Waals surface area (Å²) in [5.74, 6) is 1.11. The summed E-state index contributed by atoms with van der Waals surface area (Å²) < 4.78 is 46.9. The van der Waals surface area contributed by atoms with Gasteiger partial charge in [-0.3, -0.25) is 0 Å². The summed E-state index contributed by atoms with van der Waals surface area (Å²) in [7, 11) is 2.97. The summed E-state index contributed by atoms with van der Waals surface area (Å²) in [5, 5.41) is 11.6. The molecule has 0 aliphatic carbocycles. The number of methoxy groups -OCH3 is 2. The highest BCUT2D eigenvalue weighted by atomic mass is 19.4. The number of rotatable bonds is 6. The lowest BCUT2D eigenvalue weighted by Crippen LogP contribution is -2.39. The number of nitrogens with one attached hydrogen (secondary N) is 1. The average molecular weight is 293 g/mol. The van der Waals surface area contributed by atoms with Crippen molar-refractivity contribution in [3.63, 3.8) is 0 Å². The van der Waals surface area contributed by atoms with Gasteiger partial charge in [0.1, 0.15) is 11.5 Å². The number of halogens is 3. The fraction of sp³-hybridized carbons (Fsp3) is 0.538. The van der Waals surface area contributed by atoms with E-state index in [4.69, 9.17) is 14.6 Å². The van der Waals surface area contributed by atoms with Crippen molar-refractivity contribution in [1.82, 2.24) is 5.32 Å². The van der Waals surface area contributed by atoms with E-state index in [1.807, 2.05) is 0 Å². The first-order chi connectivity index (χ1) is 9.29. The molecule has 0 aromatic heterocycles. The Balaban J connectivity index is 2.78. The summed E-state index contributed by atoms with van der Waals surface area (Å²) in [6.45, 7) is 1.09. The molecule has 0 radical (unpaired) electrons. The van der Waals surface area contributed by atoms with Crippen LogP contribution in [0.5, 0.6) is 11.5 Å². The first-order valence-electron chi connectivity index (χ1n) is 5.99. The minimum atomic E-state index is -4.63. The highest BCUT2D eigenvalue weighted by Crippen LogP contribution is 2.29. The third-order valence-corrected chi connectivity index (χ3v) is 2.90. The second-order valence-electron chi connectivity index (χ2n) is 4.30. The van der Waals surface area contributed by atoms with Crippen LogP contribution >= 0.6 is 0 Å². The Morgan fingerprint density at radius 3 is 2.40 bits per heavy atom. The first kappa shape index (κ1) is 16.6. The molecule has 2 atom stereocenters. The van der Waals surface area contributed by atoms with Crippen LogP contribution in [0.2, 0.25) is 0 Å². The largest absolute Gasteiger partial charge is 0.497 e. The van der Waals surface area contributed by atoms with Gasteiger partial charge in [-0.1, -0.05) is 0 Å². The van der Waals surface area contributed by atoms with Crippen molar-refractivity contribution < 1.29 is 27.8 Å². The van der Waals surface area contributed by atoms with E-state index in [1.54, 1.807) is 25.1 Å². The van der Waals surface area contributed by atoms with Gasteiger partial charge in [0.25, 0.3) is 0 Å². The van der Waals surface area contributed by atoms with E-state index in [1.165, 1.54) is 14.2 Å². The van der Waals surface area contributed by atoms with E-state index in [0.717, 1.165) is 0 Å². The molecule has 0 aliphatic heterocycles. The predicted molar refractivity (Wildman–Crippen MR) is 68.0 cm³/mol. The normalized spacial score (nSPS) is 14.8. The zero-order valence-electron chi connectivity index (χ0n) is 11.5. The van der Waals surface area contributed by atoms with Crippen LogP contribution in [0.4, 0.5) is 13.2 Å². The van der Waals surface area contributed by atoms with Gasteiger partial charge in [0, 0.05) is 18.2 Å². The van der Waals surface area contributed by atoms with Crippen molar-refractivity contribution in [2.75, 3.05) is 20.8 Å². The third-order valence-electron chi connectivity index (χ3n) is 2.90. The molecular formula is C13H18F3NO3. The molecule has 1 rings (SSSR count). The maximum absolute atomic E-state index is 12.2. The lowest BCUT2D eigenvalue weighted by Gasteiger charge is -2.21. The van der Waals surface area contributed by atoms with Crippen molar-refractivity contribution in [1.29, 1.82) is 0 Å². The second kappa shape index (κ2) is 6.81. The molecule has 0 saturated carbocycles. The Morgan fingerprint density at radius 1 is 1.25 bits per heavy atom. The van der Waals surface area contributed by atoms with E-state index >= 15 is 0 Å². The first-order valence-corrected chi connectivity index (χ1v) is 5.99. The number of aliphatic hydroxyl groups is 1. The number of aliphatic hydroxyl groups excluding tert-OH is 1. The van der Waals surface area contributed by atoms with Gasteiger partial charge in [0.15, 0.2) is 6.10 Å². The standard InChI is InChI=1S/C13H18F3NO3/c1-8(17-7-12(18)13(14,15)16)10-6-9(19-2)4-5-11(10)20-3/h4-6,8,12,17-18H,7H2,1-3H3. The molecule has 0 fully saturated rings. The molecule has 0 spiro atoms. The molecule has 2 N–H and O–H groups in total. The number of ether oxygens (including phenoxy) is 2. The van der Waals surface area contributed by atoms with E-state index in [2.05, 4.69) is 5.32 Å². The van der Waals surface area contributed by atoms with Gasteiger partial charge in [-0.15, -0.1) is 0 Å². The smallest absolute Gasteiger partial charge is 0.415 e. The molecule has 114 valence electrons. The molecular weight excluding hydrogens is 275 g/mol. The Hall–Kier alpha value is -1.47. The summed E-state index contributed by atoms with van der Waals surface area (Å²) >= 11 is 0. The van der Waals surface area contributed by atoms with E-state index in [9.17, 15) is 13.2 Å². The van der Waals surface area contributed by atoms with Crippen LogP contribution in [-0.4, -0.2) is 38.2 Å². The van der Waals surface area contributed by atoms with Crippen LogP contribution < -0.4 is 14.8 Å². The van der Waals surface area contributed by atoms with Crippen LogP contribution in [0.25, 0.3) is 0 Å². The lowest BCUT2D eigenvalue weighted by atomic mass is 10.1. The quantitative estimate of drug-likeness (QED) is 0.845. The van der Waals surface area contributed by atoms with Crippen LogP contribution in [0.15, 0.2) is 18.2 Å². The van der Waals surface area contributed by atoms with Gasteiger partial charge >= 0.3 is 6.18 Å². The van der Waals surface area contributed by atoms with Crippen molar-refractivity contribution in [2.24, 2.45) is 0 Å². The van der Waals surface area contributed by atoms with Crippen LogP contribution in [0.1, 0.15) is 18.5 Å². The SMILES string of the molecule is COc1ccc(OC)c(C(C)NCC(O)C(F)(F)F)c1. The topological polar surface area (TPSA) is 50.7 Å². The zero-order chi connectivity index (χ0) is 15.3. The Bertz CT molecular complexity index is 437. The molecule has 0 amide bonds. The van der Waals surface area contributed by atoms with Crippen LogP contribution in [-0.2, 0) is 0 Å². The fourth-order valence-electron chi connectivity index (χ4n) is 1.69. The zero-order valence-corrected chi connectivity index (χ0v) is 11.5. The molecule has 7 heteroatoms. The molecule has 4 nitrogen and oxygen atoms in total. The molecule has 0 bridgehead atoms. The number of hydrogen-bond donors (Lipinski definition) is 2. The van der Waals surface area contributed by atoms with Gasteiger partial charge in [0.2, 0.25) is 0 Å². The highest BCUT2D eigenvalue weighted by molar-refractivity contribution is 5.42. The lowest BCUT2D eigenvalue weighted by molar-refractivity contribution is -0.202. The molecule has 2 unspecified atom stereocenters. The average Bonchev–Trinajstić information content (AvgIpc) is 2.42. The molecule has 1 aromatic rings. The minimum Gasteiger partial charge on any atom is -0.497 e. The number of hydrogen-bond acceptors (Lipinski definition) is 4. The van der Waals surface area contributed by atoms with Crippen molar-refractivity contribution in [3.8, 4) is 11.5 Å². The van der Waals surface area contributed by atoms with Gasteiger partial charge in [-0.2, -0.15) is 13.2 Å². The monoisotopic (exact) mass is 293 g/mol. The minimum absolute atomic E-state index is 0.433. The maximum Gasteiger partial charge on any atom is 0.415 e. The van der Waals surface area contributed by atoms with Gasteiger partial charge < -0.3 is 19.9 Å². The van der Waals surface area contributed by atoms with E-state index in [0.29, 0.717) is 17.1 Å². The van der Waals surface area contributed by atoms with Gasteiger partial charge in [0.05, 0.1) is 14.2 Å². The molecule has 20 heavy (non-hydrogen) atoms. The van der Waals surface area contributed by atoms with Crippen molar-refractivity contribution >= 4 is 0 Å². The van der Waals surface area contributed by atoms with Crippen LogP contribution in [0, 0.1) is 0 Å². The van der Waals surface area contributed by atoms with E-state index < -0.39 is 24.9 Å². The Kier molecular flexibility index (Phi) is 5.64. The number of benzene rings is 1. The predicted octanol–water partition coefficient (Wildman–Crippen LogP) is 2.28. The third kappa shape index (κ3) is 4.28. The van der Waals surface area contributed by atoms with E-state index in [-0.39, 0.29) is 0 Å². The Morgan fingerprint density at radius 2 is 1.90 bits per heavy atom. The highest BCUT2D eigenvalue weighted by Gasteiger charge is 2.38. The molecule has 0 heterocycles. The molecule has 0 saturated heterocycles. The summed E-state index contributed by atoms with van der Waals surface area (Å²) in [6, 6.07) is 4.61. The fourth-order valence-corrected chi connectivity index (χ4v) is 1.69. The van der Waals surface area contributed by atoms with Crippen molar-refractivity contribution in [3.05, 3.63) is 23.8 Å². The summed E-state index contributed by atoms with van der Waals surface area (Å²) in [6.07, 6.45) is -7.04. The van der Waals surface area contributed by atoms with Gasteiger partial charge in [-0.05, 0) is 25.1 Å². The number of alkyl halides is 3. The maximum atomic E-state index is 12.2. The summed E-state index contributed by atoms with van der Waals surface area (Å²) in [4.78, 5) is 0. The van der Waals surface area contributed by atoms with Crippen molar-refractivity contribution in [2.45, 2.75) is 25.2 Å².